The number of nitrogens with zero attached hydrogens (tertiary/aromatic N) is 2. The molecule has 0 aliphatic carbocycles. The van der Waals surface area contributed by atoms with E-state index in [4.69, 9.17) is 23.2 Å². The second kappa shape index (κ2) is 11.8. The highest BCUT2D eigenvalue weighted by Gasteiger charge is 2.56. The van der Waals surface area contributed by atoms with Gasteiger partial charge in [-0.1, -0.05) is 107 Å². The maximum Gasteiger partial charge on any atom is 0.308 e. The molecule has 3 amide bonds. The first-order chi connectivity index (χ1) is 20.8. The fourth-order valence-corrected chi connectivity index (χ4v) is 8.90. The number of carbonyl (C=O) groups is 3. The van der Waals surface area contributed by atoms with Crippen molar-refractivity contribution < 1.29 is 14.4 Å². The average Bonchev–Trinajstić information content (AvgIpc) is 3.41. The van der Waals surface area contributed by atoms with Gasteiger partial charge < -0.3 is 5.32 Å². The number of imide groups is 1. The van der Waals surface area contributed by atoms with Crippen molar-refractivity contribution in [1.29, 1.82) is 0 Å². The fourth-order valence-electron chi connectivity index (χ4n) is 5.57. The third kappa shape index (κ3) is 5.67. The van der Waals surface area contributed by atoms with Crippen molar-refractivity contribution in [2.24, 2.45) is 5.92 Å². The Hall–Kier alpha value is -2.89. The molecule has 3 aromatic carbocycles. The van der Waals surface area contributed by atoms with Crippen LogP contribution in [0.1, 0.15) is 42.7 Å². The van der Waals surface area contributed by atoms with Crippen LogP contribution in [-0.4, -0.2) is 27.5 Å². The molecule has 12 heteroatoms. The third-order valence-electron chi connectivity index (χ3n) is 7.77. The number of thioether (sulfide) groups is 1. The van der Waals surface area contributed by atoms with Crippen molar-refractivity contribution in [2.45, 2.75) is 48.9 Å². The highest BCUT2D eigenvalue weighted by atomic mass is 79.9. The Morgan fingerprint density at radius 3 is 2.25 bits per heavy atom. The zero-order valence-corrected chi connectivity index (χ0v) is 28.5. The van der Waals surface area contributed by atoms with Gasteiger partial charge in [0.25, 0.3) is 0 Å². The Morgan fingerprint density at radius 2 is 1.61 bits per heavy atom. The first-order valence-electron chi connectivity index (χ1n) is 13.7. The first kappa shape index (κ1) is 31.1. The quantitative estimate of drug-likeness (QED) is 0.213. The Labute approximate surface area is 280 Å². The van der Waals surface area contributed by atoms with E-state index in [1.54, 1.807) is 36.4 Å². The lowest BCUT2D eigenvalue weighted by Gasteiger charge is -2.31. The topological polar surface area (TPSA) is 88.5 Å². The smallest absolute Gasteiger partial charge is 0.308 e. The van der Waals surface area contributed by atoms with Crippen LogP contribution in [-0.2, 0) is 26.3 Å². The molecule has 44 heavy (non-hydrogen) atoms. The molecule has 0 saturated carbocycles. The van der Waals surface area contributed by atoms with E-state index in [0.29, 0.717) is 26.3 Å². The molecule has 1 aromatic heterocycles. The van der Waals surface area contributed by atoms with E-state index in [1.165, 1.54) is 27.3 Å². The standard InChI is InChI=1S/C32H26BrCl2N3O4S2/c1-32(2,3)17-6-4-16(5-7-17)24-25-26(29(41)38(28(25)40)20-11-8-18(33)9-12-20)43-30-27(24)44-31(42)37(30)15-23(39)36-19-10-13-21(34)22(35)14-19/h4-14,24-26H,15H2,1-3H3,(H,36,39)/t24-,25-,26+/m0/s1. The number of rotatable bonds is 5. The van der Waals surface area contributed by atoms with Gasteiger partial charge in [-0.05, 0) is 59.0 Å². The van der Waals surface area contributed by atoms with Gasteiger partial charge in [0.05, 0.1) is 26.7 Å². The fraction of sp³-hybridized carbons (Fsp3) is 0.250. The summed E-state index contributed by atoms with van der Waals surface area (Å²) >= 11 is 17.7. The first-order valence-corrected chi connectivity index (χ1v) is 17.0. The second-order valence-electron chi connectivity index (χ2n) is 11.7. The summed E-state index contributed by atoms with van der Waals surface area (Å²) < 4.78 is 2.22. The molecule has 6 rings (SSSR count). The maximum atomic E-state index is 14.1. The lowest BCUT2D eigenvalue weighted by atomic mass is 9.81. The van der Waals surface area contributed by atoms with E-state index in [9.17, 15) is 19.2 Å². The van der Waals surface area contributed by atoms with Crippen LogP contribution in [0.15, 0.2) is 81.0 Å². The molecule has 2 aliphatic rings. The zero-order valence-electron chi connectivity index (χ0n) is 23.8. The van der Waals surface area contributed by atoms with Gasteiger partial charge in [0, 0.05) is 21.0 Å². The number of nitrogens with one attached hydrogen (secondary N) is 1. The van der Waals surface area contributed by atoms with Gasteiger partial charge >= 0.3 is 4.87 Å². The Kier molecular flexibility index (Phi) is 8.34. The number of carbonyl (C=O) groups excluding carboxylic acids is 3. The Balaban J connectivity index is 1.41. The van der Waals surface area contributed by atoms with Gasteiger partial charge in [-0.15, -0.1) is 0 Å². The number of thiazole rings is 1. The van der Waals surface area contributed by atoms with E-state index < -0.39 is 23.0 Å². The molecule has 7 nitrogen and oxygen atoms in total. The van der Waals surface area contributed by atoms with Crippen molar-refractivity contribution >= 4 is 91.3 Å². The van der Waals surface area contributed by atoms with Crippen LogP contribution in [0.5, 0.6) is 0 Å². The Bertz CT molecular complexity index is 1870. The number of amides is 3. The molecule has 2 aliphatic heterocycles. The van der Waals surface area contributed by atoms with Crippen molar-refractivity contribution in [3.63, 3.8) is 0 Å². The van der Waals surface area contributed by atoms with Gasteiger partial charge in [-0.2, -0.15) is 0 Å². The van der Waals surface area contributed by atoms with E-state index >= 15 is 0 Å². The summed E-state index contributed by atoms with van der Waals surface area (Å²) in [6.07, 6.45) is 0. The van der Waals surface area contributed by atoms with Gasteiger partial charge in [0.15, 0.2) is 0 Å². The summed E-state index contributed by atoms with van der Waals surface area (Å²) in [5.41, 5.74) is 2.80. The molecule has 0 unspecified atom stereocenters. The van der Waals surface area contributed by atoms with Crippen molar-refractivity contribution in [3.8, 4) is 0 Å². The summed E-state index contributed by atoms with van der Waals surface area (Å²) in [4.78, 5) is 56.2. The highest BCUT2D eigenvalue weighted by Crippen LogP contribution is 2.54. The van der Waals surface area contributed by atoms with Gasteiger partial charge in [0.2, 0.25) is 17.7 Å². The molecule has 1 saturated heterocycles. The number of halogens is 3. The van der Waals surface area contributed by atoms with Crippen molar-refractivity contribution in [3.05, 3.63) is 107 Å². The van der Waals surface area contributed by atoms with E-state index in [0.717, 1.165) is 26.9 Å². The minimum Gasteiger partial charge on any atom is -0.324 e. The van der Waals surface area contributed by atoms with Crippen LogP contribution < -0.4 is 15.1 Å². The average molecular weight is 732 g/mol. The summed E-state index contributed by atoms with van der Waals surface area (Å²) in [6.45, 7) is 6.09. The maximum absolute atomic E-state index is 14.1. The number of benzene rings is 3. The zero-order chi connectivity index (χ0) is 31.5. The number of hydrogen-bond acceptors (Lipinski definition) is 6. The summed E-state index contributed by atoms with van der Waals surface area (Å²) in [7, 11) is 0. The van der Waals surface area contributed by atoms with Crippen molar-refractivity contribution in [1.82, 2.24) is 4.57 Å². The minimum atomic E-state index is -0.774. The number of aromatic nitrogens is 1. The van der Waals surface area contributed by atoms with Crippen LogP contribution in [0.25, 0.3) is 0 Å². The van der Waals surface area contributed by atoms with Gasteiger partial charge in [-0.3, -0.25) is 23.7 Å². The van der Waals surface area contributed by atoms with E-state index in [1.807, 2.05) is 24.3 Å². The lowest BCUT2D eigenvalue weighted by Crippen LogP contribution is -2.33. The van der Waals surface area contributed by atoms with Crippen LogP contribution in [0.2, 0.25) is 10.0 Å². The van der Waals surface area contributed by atoms with Crippen LogP contribution in [0.4, 0.5) is 11.4 Å². The highest BCUT2D eigenvalue weighted by molar-refractivity contribution is 9.10. The monoisotopic (exact) mass is 729 g/mol. The number of fused-ring (bicyclic) bond motifs is 2. The molecule has 226 valence electrons. The van der Waals surface area contributed by atoms with Crippen LogP contribution in [0, 0.1) is 5.92 Å². The normalized spacial score (nSPS) is 19.6. The second-order valence-corrected chi connectivity index (χ2v) is 15.6. The van der Waals surface area contributed by atoms with Crippen LogP contribution >= 0.6 is 62.2 Å². The third-order valence-corrected chi connectivity index (χ3v) is 11.6. The molecule has 1 N–H and O–H groups in total. The lowest BCUT2D eigenvalue weighted by molar-refractivity contribution is -0.122. The summed E-state index contributed by atoms with van der Waals surface area (Å²) in [5, 5.41) is 3.15. The van der Waals surface area contributed by atoms with Gasteiger partial charge in [-0.25, -0.2) is 4.90 Å². The molecule has 3 heterocycles. The molecule has 1 fully saturated rings. The number of anilines is 2. The predicted molar refractivity (Wildman–Crippen MR) is 180 cm³/mol. The van der Waals surface area contributed by atoms with E-state index in [2.05, 4.69) is 42.0 Å². The van der Waals surface area contributed by atoms with Gasteiger partial charge in [0.1, 0.15) is 11.8 Å². The van der Waals surface area contributed by atoms with E-state index in [-0.39, 0.29) is 33.7 Å². The predicted octanol–water partition coefficient (Wildman–Crippen LogP) is 7.71. The molecule has 0 spiro atoms. The summed E-state index contributed by atoms with van der Waals surface area (Å²) in [6, 6.07) is 19.8. The molecule has 3 atom stereocenters. The largest absolute Gasteiger partial charge is 0.324 e. The number of hydrogen-bond donors (Lipinski definition) is 1. The molecule has 4 aromatic rings. The SMILES string of the molecule is CC(C)(C)c1ccc([C@@H]2c3sc(=O)n(CC(=O)Nc4ccc(Cl)c(Cl)c4)c3S[C@H]3C(=O)N(c4ccc(Br)cc4)C(=O)[C@@H]23)cc1. The summed E-state index contributed by atoms with van der Waals surface area (Å²) in [5.74, 6) is -2.36. The molecular formula is C32H26BrCl2N3O4S2. The molecular weight excluding hydrogens is 705 g/mol. The Morgan fingerprint density at radius 1 is 0.932 bits per heavy atom. The van der Waals surface area contributed by atoms with Crippen LogP contribution in [0.3, 0.4) is 0 Å². The van der Waals surface area contributed by atoms with Crippen molar-refractivity contribution in [2.75, 3.05) is 10.2 Å². The molecule has 0 radical (unpaired) electrons. The molecule has 0 bridgehead atoms. The minimum absolute atomic E-state index is 0.0814.